The quantitative estimate of drug-likeness (QED) is 0.824. The molecule has 0 saturated carbocycles. The standard InChI is InChI=1S/C19H24ClN3O.ClH/c1-13-11-18(19(24)22-10-8-15-7-9-21-12-15)14(2)23(13)17-5-3-16(20)4-6-17;/h3-6,11,15,21H,7-10,12H2,1-2H3,(H,22,24);1H. The third-order valence-corrected chi connectivity index (χ3v) is 5.01. The second kappa shape index (κ2) is 8.75. The van der Waals surface area contributed by atoms with Gasteiger partial charge in [0.25, 0.3) is 5.91 Å². The van der Waals surface area contributed by atoms with Crippen LogP contribution in [0.2, 0.25) is 5.02 Å². The Balaban J connectivity index is 0.00000225. The monoisotopic (exact) mass is 381 g/mol. The zero-order valence-corrected chi connectivity index (χ0v) is 16.2. The summed E-state index contributed by atoms with van der Waals surface area (Å²) in [5.74, 6) is 0.695. The predicted molar refractivity (Wildman–Crippen MR) is 105 cm³/mol. The molecule has 1 aromatic carbocycles. The van der Waals surface area contributed by atoms with E-state index in [-0.39, 0.29) is 18.3 Å². The molecule has 0 spiro atoms. The van der Waals surface area contributed by atoms with Crippen LogP contribution in [0.4, 0.5) is 0 Å². The smallest absolute Gasteiger partial charge is 0.253 e. The van der Waals surface area contributed by atoms with E-state index in [1.54, 1.807) is 0 Å². The van der Waals surface area contributed by atoms with E-state index in [2.05, 4.69) is 15.2 Å². The van der Waals surface area contributed by atoms with Crippen LogP contribution in [-0.2, 0) is 0 Å². The van der Waals surface area contributed by atoms with Gasteiger partial charge in [0.15, 0.2) is 0 Å². The molecule has 1 aliphatic rings. The summed E-state index contributed by atoms with van der Waals surface area (Å²) in [6, 6.07) is 9.63. The van der Waals surface area contributed by atoms with Gasteiger partial charge in [0.2, 0.25) is 0 Å². The molecule has 6 heteroatoms. The van der Waals surface area contributed by atoms with E-state index in [1.165, 1.54) is 6.42 Å². The molecule has 2 N–H and O–H groups in total. The number of benzene rings is 1. The maximum absolute atomic E-state index is 12.5. The van der Waals surface area contributed by atoms with E-state index in [4.69, 9.17) is 11.6 Å². The van der Waals surface area contributed by atoms with Crippen molar-refractivity contribution in [1.29, 1.82) is 0 Å². The number of rotatable bonds is 5. The lowest BCUT2D eigenvalue weighted by molar-refractivity contribution is 0.0951. The average molecular weight is 382 g/mol. The van der Waals surface area contributed by atoms with Gasteiger partial charge in [0.05, 0.1) is 5.56 Å². The predicted octanol–water partition coefficient (Wildman–Crippen LogP) is 3.90. The van der Waals surface area contributed by atoms with Gasteiger partial charge in [0, 0.05) is 28.6 Å². The molecule has 1 atom stereocenters. The molecule has 1 amide bonds. The Hall–Kier alpha value is -1.49. The molecule has 1 aliphatic heterocycles. The summed E-state index contributed by atoms with van der Waals surface area (Å²) >= 11 is 5.97. The normalized spacial score (nSPS) is 16.5. The van der Waals surface area contributed by atoms with Gasteiger partial charge >= 0.3 is 0 Å². The van der Waals surface area contributed by atoms with Crippen molar-refractivity contribution in [3.63, 3.8) is 0 Å². The summed E-state index contributed by atoms with van der Waals surface area (Å²) in [5, 5.41) is 7.13. The fraction of sp³-hybridized carbons (Fsp3) is 0.421. The minimum atomic E-state index is 0. The SMILES string of the molecule is Cc1cc(C(=O)NCCC2CCNC2)c(C)n1-c1ccc(Cl)cc1.Cl. The average Bonchev–Trinajstić information content (AvgIpc) is 3.17. The second-order valence-corrected chi connectivity index (χ2v) is 6.94. The van der Waals surface area contributed by atoms with Crippen LogP contribution < -0.4 is 10.6 Å². The van der Waals surface area contributed by atoms with Gasteiger partial charge in [-0.1, -0.05) is 11.6 Å². The first kappa shape index (κ1) is 19.8. The van der Waals surface area contributed by atoms with Crippen LogP contribution in [0.25, 0.3) is 5.69 Å². The van der Waals surface area contributed by atoms with Crippen LogP contribution in [0.1, 0.15) is 34.6 Å². The van der Waals surface area contributed by atoms with Crippen LogP contribution >= 0.6 is 24.0 Å². The van der Waals surface area contributed by atoms with Crippen molar-refractivity contribution in [3.8, 4) is 5.69 Å². The maximum atomic E-state index is 12.5. The number of nitrogens with zero attached hydrogens (tertiary/aromatic N) is 1. The largest absolute Gasteiger partial charge is 0.352 e. The van der Waals surface area contributed by atoms with Crippen molar-refractivity contribution >= 4 is 29.9 Å². The highest BCUT2D eigenvalue weighted by molar-refractivity contribution is 6.30. The first-order valence-electron chi connectivity index (χ1n) is 8.50. The van der Waals surface area contributed by atoms with Crippen LogP contribution in [0, 0.1) is 19.8 Å². The molecule has 3 rings (SSSR count). The number of halogens is 2. The minimum absolute atomic E-state index is 0. The van der Waals surface area contributed by atoms with E-state index in [0.717, 1.165) is 48.7 Å². The van der Waals surface area contributed by atoms with Crippen molar-refractivity contribution in [1.82, 2.24) is 15.2 Å². The molecule has 25 heavy (non-hydrogen) atoms. The highest BCUT2D eigenvalue weighted by Crippen LogP contribution is 2.22. The third-order valence-electron chi connectivity index (χ3n) is 4.76. The first-order chi connectivity index (χ1) is 11.6. The Morgan fingerprint density at radius 3 is 2.68 bits per heavy atom. The van der Waals surface area contributed by atoms with Crippen molar-refractivity contribution < 1.29 is 4.79 Å². The number of amides is 1. The molecule has 2 heterocycles. The summed E-state index contributed by atoms with van der Waals surface area (Å²) in [7, 11) is 0. The van der Waals surface area contributed by atoms with E-state index in [1.807, 2.05) is 44.2 Å². The molecule has 0 radical (unpaired) electrons. The van der Waals surface area contributed by atoms with Crippen LogP contribution in [-0.4, -0.2) is 30.1 Å². The van der Waals surface area contributed by atoms with E-state index < -0.39 is 0 Å². The molecular formula is C19H25Cl2N3O. The Morgan fingerprint density at radius 1 is 1.32 bits per heavy atom. The summed E-state index contributed by atoms with van der Waals surface area (Å²) in [5.41, 5.74) is 3.76. The van der Waals surface area contributed by atoms with Crippen molar-refractivity contribution in [2.45, 2.75) is 26.7 Å². The number of hydrogen-bond acceptors (Lipinski definition) is 2. The first-order valence-corrected chi connectivity index (χ1v) is 8.88. The number of carbonyl (C=O) groups excluding carboxylic acids is 1. The topological polar surface area (TPSA) is 46.1 Å². The van der Waals surface area contributed by atoms with Gasteiger partial charge in [0.1, 0.15) is 0 Å². The summed E-state index contributed by atoms with van der Waals surface area (Å²) in [6.45, 7) is 6.90. The number of hydrogen-bond donors (Lipinski definition) is 2. The Morgan fingerprint density at radius 2 is 2.04 bits per heavy atom. The van der Waals surface area contributed by atoms with Crippen molar-refractivity contribution in [2.24, 2.45) is 5.92 Å². The lowest BCUT2D eigenvalue weighted by Crippen LogP contribution is -2.26. The number of carbonyl (C=O) groups is 1. The maximum Gasteiger partial charge on any atom is 0.253 e. The number of nitrogens with one attached hydrogen (secondary N) is 2. The second-order valence-electron chi connectivity index (χ2n) is 6.50. The highest BCUT2D eigenvalue weighted by atomic mass is 35.5. The molecule has 0 aliphatic carbocycles. The minimum Gasteiger partial charge on any atom is -0.352 e. The molecule has 136 valence electrons. The number of aryl methyl sites for hydroxylation is 1. The molecule has 0 bridgehead atoms. The van der Waals surface area contributed by atoms with E-state index in [9.17, 15) is 4.79 Å². The summed E-state index contributed by atoms with van der Waals surface area (Å²) < 4.78 is 2.09. The van der Waals surface area contributed by atoms with Crippen molar-refractivity contribution in [3.05, 3.63) is 52.3 Å². The molecular weight excluding hydrogens is 357 g/mol. The Labute approximate surface area is 160 Å². The Kier molecular flexibility index (Phi) is 6.94. The highest BCUT2D eigenvalue weighted by Gasteiger charge is 2.18. The van der Waals surface area contributed by atoms with Crippen molar-refractivity contribution in [2.75, 3.05) is 19.6 Å². The van der Waals surface area contributed by atoms with Gasteiger partial charge in [-0.15, -0.1) is 12.4 Å². The molecule has 2 aromatic rings. The van der Waals surface area contributed by atoms with Gasteiger partial charge in [-0.25, -0.2) is 0 Å². The van der Waals surface area contributed by atoms with Gasteiger partial charge in [-0.3, -0.25) is 4.79 Å². The summed E-state index contributed by atoms with van der Waals surface area (Å²) in [4.78, 5) is 12.5. The van der Waals surface area contributed by atoms with E-state index in [0.29, 0.717) is 10.9 Å². The Bertz CT molecular complexity index is 719. The van der Waals surface area contributed by atoms with Crippen LogP contribution in [0.5, 0.6) is 0 Å². The lowest BCUT2D eigenvalue weighted by Gasteiger charge is -2.11. The third kappa shape index (κ3) is 4.57. The fourth-order valence-corrected chi connectivity index (χ4v) is 3.55. The molecule has 1 aromatic heterocycles. The fourth-order valence-electron chi connectivity index (χ4n) is 3.43. The lowest BCUT2D eigenvalue weighted by atomic mass is 10.1. The molecule has 4 nitrogen and oxygen atoms in total. The molecule has 1 saturated heterocycles. The zero-order valence-electron chi connectivity index (χ0n) is 14.6. The van der Waals surface area contributed by atoms with Crippen LogP contribution in [0.3, 0.4) is 0 Å². The van der Waals surface area contributed by atoms with Crippen LogP contribution in [0.15, 0.2) is 30.3 Å². The summed E-state index contributed by atoms with van der Waals surface area (Å²) in [6.07, 6.45) is 2.25. The molecule has 1 fully saturated rings. The molecule has 1 unspecified atom stereocenters. The van der Waals surface area contributed by atoms with Gasteiger partial charge in [-0.05, 0) is 76.0 Å². The number of aromatic nitrogens is 1. The zero-order chi connectivity index (χ0) is 17.1. The van der Waals surface area contributed by atoms with Gasteiger partial charge < -0.3 is 15.2 Å². The van der Waals surface area contributed by atoms with E-state index >= 15 is 0 Å². The van der Waals surface area contributed by atoms with Gasteiger partial charge in [-0.2, -0.15) is 0 Å².